The highest BCUT2D eigenvalue weighted by atomic mass is 16.5. The molecule has 2 unspecified atom stereocenters. The highest BCUT2D eigenvalue weighted by Crippen LogP contribution is 2.30. The van der Waals surface area contributed by atoms with Crippen LogP contribution in [0.15, 0.2) is 0 Å². The summed E-state index contributed by atoms with van der Waals surface area (Å²) in [4.78, 5) is 0. The maximum absolute atomic E-state index is 5.42. The molecule has 0 aromatic heterocycles. The molecule has 0 radical (unpaired) electrons. The van der Waals surface area contributed by atoms with Crippen molar-refractivity contribution in [1.29, 1.82) is 0 Å². The molecule has 2 aliphatic rings. The molecule has 0 spiro atoms. The van der Waals surface area contributed by atoms with Crippen molar-refractivity contribution in [1.82, 2.24) is 5.32 Å². The van der Waals surface area contributed by atoms with E-state index >= 15 is 0 Å². The SMILES string of the molecule is CCNC1CCCC1CCCCC1CCOCC1. The van der Waals surface area contributed by atoms with E-state index in [-0.39, 0.29) is 0 Å². The van der Waals surface area contributed by atoms with Crippen LogP contribution in [0.1, 0.15) is 64.7 Å². The first kappa shape index (κ1) is 14.3. The molecule has 1 heterocycles. The van der Waals surface area contributed by atoms with Gasteiger partial charge in [0.1, 0.15) is 0 Å². The van der Waals surface area contributed by atoms with Crippen LogP contribution in [0.25, 0.3) is 0 Å². The molecule has 2 atom stereocenters. The third-order valence-corrected chi connectivity index (χ3v) is 4.90. The van der Waals surface area contributed by atoms with E-state index in [0.717, 1.165) is 37.6 Å². The van der Waals surface area contributed by atoms with Crippen LogP contribution >= 0.6 is 0 Å². The van der Waals surface area contributed by atoms with Crippen molar-refractivity contribution in [2.75, 3.05) is 19.8 Å². The van der Waals surface area contributed by atoms with Crippen molar-refractivity contribution in [2.24, 2.45) is 11.8 Å². The van der Waals surface area contributed by atoms with Crippen LogP contribution in [-0.2, 0) is 4.74 Å². The van der Waals surface area contributed by atoms with Crippen molar-refractivity contribution in [3.63, 3.8) is 0 Å². The number of unbranched alkanes of at least 4 members (excludes halogenated alkanes) is 1. The Balaban J connectivity index is 1.54. The van der Waals surface area contributed by atoms with Crippen molar-refractivity contribution >= 4 is 0 Å². The van der Waals surface area contributed by atoms with Gasteiger partial charge in [-0.15, -0.1) is 0 Å². The standard InChI is InChI=1S/C16H31NO/c1-2-17-16-9-5-8-15(16)7-4-3-6-14-10-12-18-13-11-14/h14-17H,2-13H2,1H3. The van der Waals surface area contributed by atoms with Gasteiger partial charge in [0, 0.05) is 19.3 Å². The van der Waals surface area contributed by atoms with Gasteiger partial charge >= 0.3 is 0 Å². The van der Waals surface area contributed by atoms with E-state index in [1.165, 1.54) is 57.8 Å². The summed E-state index contributed by atoms with van der Waals surface area (Å²) in [6.45, 7) is 5.40. The second kappa shape index (κ2) is 8.16. The molecule has 2 heteroatoms. The molecule has 2 fully saturated rings. The summed E-state index contributed by atoms with van der Waals surface area (Å²) in [6, 6.07) is 0.832. The highest BCUT2D eigenvalue weighted by Gasteiger charge is 2.25. The lowest BCUT2D eigenvalue weighted by Crippen LogP contribution is -2.32. The molecule has 0 aromatic rings. The summed E-state index contributed by atoms with van der Waals surface area (Å²) in [6.07, 6.45) is 12.7. The minimum atomic E-state index is 0.832. The number of rotatable bonds is 7. The Hall–Kier alpha value is -0.0800. The lowest BCUT2D eigenvalue weighted by molar-refractivity contribution is 0.0630. The fourth-order valence-electron chi connectivity index (χ4n) is 3.79. The molecule has 106 valence electrons. The van der Waals surface area contributed by atoms with Gasteiger partial charge in [0.15, 0.2) is 0 Å². The first-order valence-electron chi connectivity index (χ1n) is 8.21. The predicted molar refractivity (Wildman–Crippen MR) is 76.8 cm³/mol. The molecule has 1 saturated heterocycles. The number of hydrogen-bond acceptors (Lipinski definition) is 2. The molecule has 1 aliphatic carbocycles. The zero-order valence-electron chi connectivity index (χ0n) is 12.1. The van der Waals surface area contributed by atoms with Gasteiger partial charge in [0.25, 0.3) is 0 Å². The number of ether oxygens (including phenoxy) is 1. The summed E-state index contributed by atoms with van der Waals surface area (Å²) < 4.78 is 5.42. The van der Waals surface area contributed by atoms with E-state index in [1.54, 1.807) is 0 Å². The fourth-order valence-corrected chi connectivity index (χ4v) is 3.79. The summed E-state index contributed by atoms with van der Waals surface area (Å²) >= 11 is 0. The molecule has 1 aliphatic heterocycles. The van der Waals surface area contributed by atoms with Crippen molar-refractivity contribution in [2.45, 2.75) is 70.8 Å². The van der Waals surface area contributed by atoms with Crippen LogP contribution in [0.2, 0.25) is 0 Å². The van der Waals surface area contributed by atoms with E-state index in [4.69, 9.17) is 4.74 Å². The normalized spacial score (nSPS) is 29.8. The predicted octanol–water partition coefficient (Wildman–Crippen LogP) is 3.75. The molecular formula is C16H31NO. The molecule has 2 rings (SSSR count). The minimum Gasteiger partial charge on any atom is -0.381 e. The average molecular weight is 253 g/mol. The second-order valence-electron chi connectivity index (χ2n) is 6.20. The van der Waals surface area contributed by atoms with Crippen molar-refractivity contribution in [3.05, 3.63) is 0 Å². The Morgan fingerprint density at radius 2 is 1.78 bits per heavy atom. The summed E-state index contributed by atoms with van der Waals surface area (Å²) in [5.74, 6) is 1.94. The van der Waals surface area contributed by atoms with Gasteiger partial charge < -0.3 is 10.1 Å². The molecule has 0 bridgehead atoms. The van der Waals surface area contributed by atoms with E-state index in [9.17, 15) is 0 Å². The molecule has 1 saturated carbocycles. The lowest BCUT2D eigenvalue weighted by atomic mass is 9.91. The van der Waals surface area contributed by atoms with Crippen LogP contribution in [-0.4, -0.2) is 25.8 Å². The Morgan fingerprint density at radius 3 is 2.56 bits per heavy atom. The molecule has 2 nitrogen and oxygen atoms in total. The molecule has 0 aromatic carbocycles. The maximum Gasteiger partial charge on any atom is 0.0468 e. The van der Waals surface area contributed by atoms with Gasteiger partial charge in [-0.1, -0.05) is 32.6 Å². The zero-order valence-corrected chi connectivity index (χ0v) is 12.1. The smallest absolute Gasteiger partial charge is 0.0468 e. The first-order chi connectivity index (χ1) is 8.90. The topological polar surface area (TPSA) is 21.3 Å². The monoisotopic (exact) mass is 253 g/mol. The molecule has 18 heavy (non-hydrogen) atoms. The largest absolute Gasteiger partial charge is 0.381 e. The lowest BCUT2D eigenvalue weighted by Gasteiger charge is -2.23. The second-order valence-corrected chi connectivity index (χ2v) is 6.20. The van der Waals surface area contributed by atoms with Crippen LogP contribution in [0, 0.1) is 11.8 Å². The van der Waals surface area contributed by atoms with Gasteiger partial charge in [0.2, 0.25) is 0 Å². The highest BCUT2D eigenvalue weighted by molar-refractivity contribution is 4.82. The molecular weight excluding hydrogens is 222 g/mol. The Bertz CT molecular complexity index is 213. The Labute approximate surface area is 113 Å². The quantitative estimate of drug-likeness (QED) is 0.698. The van der Waals surface area contributed by atoms with Crippen molar-refractivity contribution < 1.29 is 4.74 Å². The van der Waals surface area contributed by atoms with Gasteiger partial charge in [-0.25, -0.2) is 0 Å². The van der Waals surface area contributed by atoms with E-state index < -0.39 is 0 Å². The van der Waals surface area contributed by atoms with E-state index in [0.29, 0.717) is 0 Å². The number of nitrogens with one attached hydrogen (secondary N) is 1. The minimum absolute atomic E-state index is 0.832. The number of hydrogen-bond donors (Lipinski definition) is 1. The van der Waals surface area contributed by atoms with Crippen LogP contribution in [0.5, 0.6) is 0 Å². The maximum atomic E-state index is 5.42. The van der Waals surface area contributed by atoms with Crippen LogP contribution in [0.4, 0.5) is 0 Å². The fraction of sp³-hybridized carbons (Fsp3) is 1.00. The van der Waals surface area contributed by atoms with Gasteiger partial charge in [-0.05, 0) is 50.5 Å². The Morgan fingerprint density at radius 1 is 1.00 bits per heavy atom. The first-order valence-corrected chi connectivity index (χ1v) is 8.21. The van der Waals surface area contributed by atoms with Gasteiger partial charge in [0.05, 0.1) is 0 Å². The third kappa shape index (κ3) is 4.55. The van der Waals surface area contributed by atoms with E-state index in [1.807, 2.05) is 0 Å². The van der Waals surface area contributed by atoms with Gasteiger partial charge in [-0.3, -0.25) is 0 Å². The Kier molecular flexibility index (Phi) is 6.50. The van der Waals surface area contributed by atoms with Crippen LogP contribution in [0.3, 0.4) is 0 Å². The van der Waals surface area contributed by atoms with Gasteiger partial charge in [-0.2, -0.15) is 0 Å². The van der Waals surface area contributed by atoms with E-state index in [2.05, 4.69) is 12.2 Å². The summed E-state index contributed by atoms with van der Waals surface area (Å²) in [5, 5.41) is 3.67. The zero-order chi connectivity index (χ0) is 12.6. The molecule has 0 amide bonds. The molecule has 1 N–H and O–H groups in total. The summed E-state index contributed by atoms with van der Waals surface area (Å²) in [5.41, 5.74) is 0. The van der Waals surface area contributed by atoms with Crippen molar-refractivity contribution in [3.8, 4) is 0 Å². The summed E-state index contributed by atoms with van der Waals surface area (Å²) in [7, 11) is 0. The van der Waals surface area contributed by atoms with Crippen LogP contribution < -0.4 is 5.32 Å². The average Bonchev–Trinajstić information content (AvgIpc) is 2.84. The third-order valence-electron chi connectivity index (χ3n) is 4.90.